The molecule has 1 fully saturated rings. The Morgan fingerprint density at radius 2 is 1.83 bits per heavy atom. The monoisotopic (exact) mass is 248 g/mol. The van der Waals surface area contributed by atoms with Gasteiger partial charge in [-0.25, -0.2) is 4.79 Å². The summed E-state index contributed by atoms with van der Waals surface area (Å²) in [7, 11) is 0. The van der Waals surface area contributed by atoms with Crippen LogP contribution in [0.1, 0.15) is 36.0 Å². The van der Waals surface area contributed by atoms with Crippen LogP contribution in [0, 0.1) is 0 Å². The Morgan fingerprint density at radius 3 is 2.50 bits per heavy atom. The quantitative estimate of drug-likeness (QED) is 0.765. The van der Waals surface area contributed by atoms with Gasteiger partial charge in [0.2, 0.25) is 0 Å². The molecule has 0 aromatic carbocycles. The minimum atomic E-state index is -0.257. The minimum absolute atomic E-state index is 0.257. The lowest BCUT2D eigenvalue weighted by Gasteiger charge is -2.19. The molecule has 0 aliphatic carbocycles. The molecule has 4 nitrogen and oxygen atoms in total. The van der Waals surface area contributed by atoms with Gasteiger partial charge in [-0.1, -0.05) is 12.8 Å². The first-order valence-electron chi connectivity index (χ1n) is 6.66. The highest BCUT2D eigenvalue weighted by Gasteiger charge is 2.10. The number of likely N-dealkylation sites (tertiary alicyclic amines) is 1. The normalized spacial score (nSPS) is 17.1. The number of aromatic nitrogens is 1. The summed E-state index contributed by atoms with van der Waals surface area (Å²) in [6.07, 6.45) is 8.38. The van der Waals surface area contributed by atoms with E-state index in [0.29, 0.717) is 12.2 Å². The van der Waals surface area contributed by atoms with Crippen LogP contribution in [-0.4, -0.2) is 42.1 Å². The molecule has 1 aliphatic rings. The molecule has 18 heavy (non-hydrogen) atoms. The van der Waals surface area contributed by atoms with Crippen molar-refractivity contribution in [3.05, 3.63) is 30.1 Å². The number of carbonyl (C=O) groups is 1. The second-order valence-electron chi connectivity index (χ2n) is 4.63. The molecular formula is C14H20N2O2. The van der Waals surface area contributed by atoms with Crippen LogP contribution >= 0.6 is 0 Å². The van der Waals surface area contributed by atoms with Crippen LogP contribution in [0.15, 0.2) is 24.5 Å². The number of pyridine rings is 1. The Balaban J connectivity index is 1.70. The highest BCUT2D eigenvalue weighted by molar-refractivity contribution is 5.89. The van der Waals surface area contributed by atoms with Crippen molar-refractivity contribution in [3.63, 3.8) is 0 Å². The molecule has 4 heteroatoms. The lowest BCUT2D eigenvalue weighted by molar-refractivity contribution is 0.0463. The highest BCUT2D eigenvalue weighted by Crippen LogP contribution is 2.09. The lowest BCUT2D eigenvalue weighted by Crippen LogP contribution is -2.29. The van der Waals surface area contributed by atoms with Gasteiger partial charge in [0.1, 0.15) is 6.61 Å². The Hall–Kier alpha value is -1.42. The van der Waals surface area contributed by atoms with Gasteiger partial charge in [-0.15, -0.1) is 0 Å². The second kappa shape index (κ2) is 7.11. The smallest absolute Gasteiger partial charge is 0.338 e. The molecular weight excluding hydrogens is 228 g/mol. The molecule has 98 valence electrons. The average molecular weight is 248 g/mol. The summed E-state index contributed by atoms with van der Waals surface area (Å²) in [5.41, 5.74) is 0.570. The van der Waals surface area contributed by atoms with Crippen molar-refractivity contribution in [2.45, 2.75) is 25.7 Å². The maximum atomic E-state index is 11.7. The van der Waals surface area contributed by atoms with E-state index in [-0.39, 0.29) is 5.97 Å². The predicted molar refractivity (Wildman–Crippen MR) is 69.4 cm³/mol. The maximum Gasteiger partial charge on any atom is 0.338 e. The third-order valence-electron chi connectivity index (χ3n) is 3.26. The topological polar surface area (TPSA) is 42.4 Å². The van der Waals surface area contributed by atoms with E-state index in [1.54, 1.807) is 24.5 Å². The zero-order valence-electron chi connectivity index (χ0n) is 10.7. The molecule has 1 aliphatic heterocycles. The van der Waals surface area contributed by atoms with Gasteiger partial charge in [-0.3, -0.25) is 9.88 Å². The van der Waals surface area contributed by atoms with Gasteiger partial charge in [-0.05, 0) is 38.1 Å². The van der Waals surface area contributed by atoms with Crippen LogP contribution in [0.3, 0.4) is 0 Å². The second-order valence-corrected chi connectivity index (χ2v) is 4.63. The largest absolute Gasteiger partial charge is 0.461 e. The first-order valence-corrected chi connectivity index (χ1v) is 6.66. The van der Waals surface area contributed by atoms with Crippen molar-refractivity contribution in [3.8, 4) is 0 Å². The van der Waals surface area contributed by atoms with Crippen molar-refractivity contribution in [1.82, 2.24) is 9.88 Å². The molecule has 0 saturated carbocycles. The van der Waals surface area contributed by atoms with E-state index in [4.69, 9.17) is 4.74 Å². The zero-order valence-corrected chi connectivity index (χ0v) is 10.7. The summed E-state index contributed by atoms with van der Waals surface area (Å²) in [4.78, 5) is 17.9. The number of hydrogen-bond acceptors (Lipinski definition) is 4. The SMILES string of the molecule is O=C(OCCN1CCCCCC1)c1ccncc1. The van der Waals surface area contributed by atoms with Gasteiger partial charge in [0.15, 0.2) is 0 Å². The summed E-state index contributed by atoms with van der Waals surface area (Å²) in [5, 5.41) is 0. The van der Waals surface area contributed by atoms with Crippen LogP contribution < -0.4 is 0 Å². The van der Waals surface area contributed by atoms with E-state index in [0.717, 1.165) is 19.6 Å². The number of ether oxygens (including phenoxy) is 1. The standard InChI is InChI=1S/C14H20N2O2/c17-14(13-5-7-15-8-6-13)18-12-11-16-9-3-1-2-4-10-16/h5-8H,1-4,9-12H2. The zero-order chi connectivity index (χ0) is 12.6. The number of rotatable bonds is 4. The number of nitrogens with zero attached hydrogens (tertiary/aromatic N) is 2. The van der Waals surface area contributed by atoms with Gasteiger partial charge < -0.3 is 4.74 Å². The van der Waals surface area contributed by atoms with E-state index in [1.807, 2.05) is 0 Å². The van der Waals surface area contributed by atoms with Gasteiger partial charge in [-0.2, -0.15) is 0 Å². The average Bonchev–Trinajstić information content (AvgIpc) is 2.68. The van der Waals surface area contributed by atoms with Gasteiger partial charge in [0.25, 0.3) is 0 Å². The lowest BCUT2D eigenvalue weighted by atomic mass is 10.2. The Bertz CT molecular complexity index is 359. The fourth-order valence-electron chi connectivity index (χ4n) is 2.20. The molecule has 0 radical (unpaired) electrons. The molecule has 0 bridgehead atoms. The molecule has 0 amide bonds. The summed E-state index contributed by atoms with van der Waals surface area (Å²) in [6, 6.07) is 3.35. The highest BCUT2D eigenvalue weighted by atomic mass is 16.5. The van der Waals surface area contributed by atoms with Crippen LogP contribution in [0.25, 0.3) is 0 Å². The van der Waals surface area contributed by atoms with Crippen molar-refractivity contribution in [1.29, 1.82) is 0 Å². The maximum absolute atomic E-state index is 11.7. The third-order valence-corrected chi connectivity index (χ3v) is 3.26. The van der Waals surface area contributed by atoms with Crippen LogP contribution in [-0.2, 0) is 4.74 Å². The first kappa shape index (κ1) is 13.0. The van der Waals surface area contributed by atoms with Crippen molar-refractivity contribution >= 4 is 5.97 Å². The molecule has 0 spiro atoms. The van der Waals surface area contributed by atoms with Gasteiger partial charge >= 0.3 is 5.97 Å². The van der Waals surface area contributed by atoms with E-state index in [2.05, 4.69) is 9.88 Å². The summed E-state index contributed by atoms with van der Waals surface area (Å²) in [5.74, 6) is -0.257. The minimum Gasteiger partial charge on any atom is -0.461 e. The van der Waals surface area contributed by atoms with Gasteiger partial charge in [0.05, 0.1) is 5.56 Å². The summed E-state index contributed by atoms with van der Waals surface area (Å²) >= 11 is 0. The molecule has 0 N–H and O–H groups in total. The van der Waals surface area contributed by atoms with Crippen molar-refractivity contribution in [2.24, 2.45) is 0 Å². The fourth-order valence-corrected chi connectivity index (χ4v) is 2.20. The third kappa shape index (κ3) is 4.11. The molecule has 2 heterocycles. The van der Waals surface area contributed by atoms with E-state index in [9.17, 15) is 4.79 Å². The Morgan fingerprint density at radius 1 is 1.17 bits per heavy atom. The molecule has 1 aromatic rings. The van der Waals surface area contributed by atoms with Crippen LogP contribution in [0.2, 0.25) is 0 Å². The van der Waals surface area contributed by atoms with Crippen LogP contribution in [0.4, 0.5) is 0 Å². The summed E-state index contributed by atoms with van der Waals surface area (Å²) in [6.45, 7) is 3.58. The number of hydrogen-bond donors (Lipinski definition) is 0. The summed E-state index contributed by atoms with van der Waals surface area (Å²) < 4.78 is 5.26. The van der Waals surface area contributed by atoms with E-state index in [1.165, 1.54) is 25.7 Å². The Labute approximate surface area is 108 Å². The fraction of sp³-hybridized carbons (Fsp3) is 0.571. The van der Waals surface area contributed by atoms with E-state index >= 15 is 0 Å². The molecule has 2 rings (SSSR count). The molecule has 0 unspecified atom stereocenters. The molecule has 1 saturated heterocycles. The number of esters is 1. The first-order chi connectivity index (χ1) is 8.86. The Kier molecular flexibility index (Phi) is 5.15. The molecule has 1 aromatic heterocycles. The predicted octanol–water partition coefficient (Wildman–Crippen LogP) is 2.11. The van der Waals surface area contributed by atoms with E-state index < -0.39 is 0 Å². The van der Waals surface area contributed by atoms with Crippen molar-refractivity contribution < 1.29 is 9.53 Å². The number of carbonyl (C=O) groups excluding carboxylic acids is 1. The van der Waals surface area contributed by atoms with Crippen molar-refractivity contribution in [2.75, 3.05) is 26.2 Å². The van der Waals surface area contributed by atoms with Gasteiger partial charge in [0, 0.05) is 18.9 Å². The molecule has 0 atom stereocenters. The van der Waals surface area contributed by atoms with Crippen LogP contribution in [0.5, 0.6) is 0 Å².